The highest BCUT2D eigenvalue weighted by Crippen LogP contribution is 2.22. The molecule has 1 saturated heterocycles. The molecule has 8 heteroatoms. The van der Waals surface area contributed by atoms with Crippen molar-refractivity contribution in [1.82, 2.24) is 9.97 Å². The van der Waals surface area contributed by atoms with Gasteiger partial charge in [-0.05, 0) is 26.2 Å². The van der Waals surface area contributed by atoms with Gasteiger partial charge in [-0.25, -0.2) is 24.2 Å². The van der Waals surface area contributed by atoms with E-state index in [2.05, 4.69) is 20.7 Å². The van der Waals surface area contributed by atoms with Gasteiger partial charge in [-0.15, -0.1) is 0 Å². The second-order valence-electron chi connectivity index (χ2n) is 4.89. The molecule has 1 aromatic heterocycles. The molecule has 0 aromatic carbocycles. The Labute approximate surface area is 112 Å². The highest BCUT2D eigenvalue weighted by Gasteiger charge is 2.27. The summed E-state index contributed by atoms with van der Waals surface area (Å²) in [5.41, 5.74) is 3.36. The maximum Gasteiger partial charge on any atom is 0.150 e. The Hall–Kier alpha value is -1.41. The Morgan fingerprint density at radius 3 is 2.58 bits per heavy atom. The number of anilines is 2. The molecular formula is C11H19N5O2S. The molecule has 19 heavy (non-hydrogen) atoms. The molecule has 2 heterocycles. The van der Waals surface area contributed by atoms with Crippen molar-refractivity contribution >= 4 is 21.5 Å². The minimum absolute atomic E-state index is 0.147. The van der Waals surface area contributed by atoms with Crippen LogP contribution < -0.4 is 16.6 Å². The number of nitrogens with one attached hydrogen (secondary N) is 2. The van der Waals surface area contributed by atoms with Crippen molar-refractivity contribution in [3.63, 3.8) is 0 Å². The van der Waals surface area contributed by atoms with Crippen molar-refractivity contribution in [2.45, 2.75) is 20.3 Å². The smallest absolute Gasteiger partial charge is 0.150 e. The van der Waals surface area contributed by atoms with Crippen LogP contribution in [-0.2, 0) is 9.84 Å². The number of aromatic nitrogens is 2. The fraction of sp³-hybridized carbons (Fsp3) is 0.636. The minimum atomic E-state index is -2.84. The number of nitrogen functional groups attached to an aromatic ring is 1. The second kappa shape index (κ2) is 5.30. The third-order valence-electron chi connectivity index (χ3n) is 3.28. The van der Waals surface area contributed by atoms with Gasteiger partial charge in [-0.1, -0.05) is 0 Å². The molecule has 0 radical (unpaired) electrons. The van der Waals surface area contributed by atoms with E-state index in [4.69, 9.17) is 5.84 Å². The largest absolute Gasteiger partial charge is 0.369 e. The van der Waals surface area contributed by atoms with E-state index in [1.807, 2.05) is 6.92 Å². The maximum absolute atomic E-state index is 11.4. The maximum atomic E-state index is 11.4. The van der Waals surface area contributed by atoms with Gasteiger partial charge in [-0.2, -0.15) is 0 Å². The van der Waals surface area contributed by atoms with Crippen LogP contribution >= 0.6 is 0 Å². The highest BCUT2D eigenvalue weighted by molar-refractivity contribution is 7.91. The van der Waals surface area contributed by atoms with Crippen LogP contribution in [0.2, 0.25) is 0 Å². The summed E-state index contributed by atoms with van der Waals surface area (Å²) in [5.74, 6) is 7.97. The second-order valence-corrected chi connectivity index (χ2v) is 7.12. The molecule has 0 bridgehead atoms. The van der Waals surface area contributed by atoms with Crippen LogP contribution in [0.3, 0.4) is 0 Å². The monoisotopic (exact) mass is 285 g/mol. The average molecular weight is 285 g/mol. The zero-order valence-electron chi connectivity index (χ0n) is 11.1. The van der Waals surface area contributed by atoms with Crippen LogP contribution in [0.15, 0.2) is 0 Å². The van der Waals surface area contributed by atoms with Crippen molar-refractivity contribution in [2.24, 2.45) is 11.8 Å². The Kier molecular flexibility index (Phi) is 3.91. The van der Waals surface area contributed by atoms with Crippen LogP contribution in [0.4, 0.5) is 11.6 Å². The molecule has 1 aliphatic heterocycles. The van der Waals surface area contributed by atoms with E-state index in [1.54, 1.807) is 6.92 Å². The molecular weight excluding hydrogens is 266 g/mol. The van der Waals surface area contributed by atoms with Gasteiger partial charge in [0.15, 0.2) is 9.84 Å². The first-order chi connectivity index (χ1) is 8.91. The summed E-state index contributed by atoms with van der Waals surface area (Å²) >= 11 is 0. The lowest BCUT2D eigenvalue weighted by atomic mass is 10.1. The van der Waals surface area contributed by atoms with Crippen molar-refractivity contribution in [1.29, 1.82) is 0 Å². The summed E-state index contributed by atoms with van der Waals surface area (Å²) in [5, 5.41) is 3.20. The molecule has 2 rings (SSSR count). The zero-order valence-corrected chi connectivity index (χ0v) is 11.9. The standard InChI is InChI=1S/C11H19N5O2S/c1-7-10(14-8(2)15-11(7)16-12)13-5-9-3-4-19(17,18)6-9/h9H,3-6,12H2,1-2H3,(H2,13,14,15,16). The Balaban J connectivity index is 2.06. The first-order valence-electron chi connectivity index (χ1n) is 6.17. The topological polar surface area (TPSA) is 110 Å². The molecule has 0 amide bonds. The summed E-state index contributed by atoms with van der Waals surface area (Å²) in [6, 6.07) is 0. The Morgan fingerprint density at radius 1 is 1.32 bits per heavy atom. The quantitative estimate of drug-likeness (QED) is 0.536. The van der Waals surface area contributed by atoms with E-state index in [9.17, 15) is 8.42 Å². The zero-order chi connectivity index (χ0) is 14.0. The summed E-state index contributed by atoms with van der Waals surface area (Å²) in [7, 11) is -2.84. The van der Waals surface area contributed by atoms with Crippen LogP contribution in [0, 0.1) is 19.8 Å². The average Bonchev–Trinajstić information content (AvgIpc) is 2.69. The molecule has 7 nitrogen and oxygen atoms in total. The Morgan fingerprint density at radius 2 is 2.00 bits per heavy atom. The number of hydrogen-bond donors (Lipinski definition) is 3. The molecule has 0 saturated carbocycles. The molecule has 106 valence electrons. The summed E-state index contributed by atoms with van der Waals surface area (Å²) in [6.07, 6.45) is 0.709. The van der Waals surface area contributed by atoms with Gasteiger partial charge in [0.05, 0.1) is 11.5 Å². The number of sulfone groups is 1. The molecule has 1 aromatic rings. The SMILES string of the molecule is Cc1nc(NN)c(C)c(NCC2CCS(=O)(=O)C2)n1. The number of hydrazine groups is 1. The number of nitrogens with two attached hydrogens (primary N) is 1. The van der Waals surface area contributed by atoms with Crippen molar-refractivity contribution in [3.8, 4) is 0 Å². The number of hydrogen-bond acceptors (Lipinski definition) is 7. The number of rotatable bonds is 4. The van der Waals surface area contributed by atoms with Gasteiger partial charge in [0.2, 0.25) is 0 Å². The normalized spacial score (nSPS) is 21.3. The van der Waals surface area contributed by atoms with Gasteiger partial charge in [0.25, 0.3) is 0 Å². The molecule has 4 N–H and O–H groups in total. The van der Waals surface area contributed by atoms with Crippen LogP contribution in [-0.4, -0.2) is 36.4 Å². The van der Waals surface area contributed by atoms with E-state index in [1.165, 1.54) is 0 Å². The lowest BCUT2D eigenvalue weighted by molar-refractivity contribution is 0.595. The predicted molar refractivity (Wildman–Crippen MR) is 74.6 cm³/mol. The van der Waals surface area contributed by atoms with E-state index in [0.717, 1.165) is 5.56 Å². The van der Waals surface area contributed by atoms with Gasteiger partial charge in [-0.3, -0.25) is 0 Å². The van der Waals surface area contributed by atoms with E-state index >= 15 is 0 Å². The molecule has 1 atom stereocenters. The summed E-state index contributed by atoms with van der Waals surface area (Å²) in [6.45, 7) is 4.24. The van der Waals surface area contributed by atoms with Gasteiger partial charge in [0.1, 0.15) is 17.5 Å². The summed E-state index contributed by atoms with van der Waals surface area (Å²) in [4.78, 5) is 8.48. The molecule has 1 unspecified atom stereocenters. The minimum Gasteiger partial charge on any atom is -0.369 e. The molecule has 1 aliphatic rings. The number of aryl methyl sites for hydroxylation is 1. The summed E-state index contributed by atoms with van der Waals surface area (Å²) < 4.78 is 22.8. The van der Waals surface area contributed by atoms with Gasteiger partial charge < -0.3 is 10.7 Å². The van der Waals surface area contributed by atoms with E-state index < -0.39 is 9.84 Å². The molecule has 0 aliphatic carbocycles. The lowest BCUT2D eigenvalue weighted by Gasteiger charge is -2.14. The fourth-order valence-electron chi connectivity index (χ4n) is 2.22. The van der Waals surface area contributed by atoms with Crippen LogP contribution in [0.25, 0.3) is 0 Å². The number of nitrogens with zero attached hydrogens (tertiary/aromatic N) is 2. The van der Waals surface area contributed by atoms with Crippen molar-refractivity contribution < 1.29 is 8.42 Å². The lowest BCUT2D eigenvalue weighted by Crippen LogP contribution is -2.19. The first kappa shape index (κ1) is 14.0. The van der Waals surface area contributed by atoms with Crippen molar-refractivity contribution in [2.75, 3.05) is 28.8 Å². The van der Waals surface area contributed by atoms with Crippen LogP contribution in [0.1, 0.15) is 17.8 Å². The third kappa shape index (κ3) is 3.32. The predicted octanol–water partition coefficient (Wildman–Crippen LogP) is 0.226. The van der Waals surface area contributed by atoms with Gasteiger partial charge in [0, 0.05) is 12.1 Å². The van der Waals surface area contributed by atoms with Gasteiger partial charge >= 0.3 is 0 Å². The van der Waals surface area contributed by atoms with E-state index in [-0.39, 0.29) is 17.4 Å². The van der Waals surface area contributed by atoms with E-state index in [0.29, 0.717) is 30.4 Å². The molecule has 0 spiro atoms. The molecule has 1 fully saturated rings. The van der Waals surface area contributed by atoms with Crippen molar-refractivity contribution in [3.05, 3.63) is 11.4 Å². The highest BCUT2D eigenvalue weighted by atomic mass is 32.2. The fourth-order valence-corrected chi connectivity index (χ4v) is 4.08. The Bertz CT molecular complexity index is 573. The third-order valence-corrected chi connectivity index (χ3v) is 5.12. The van der Waals surface area contributed by atoms with Crippen LogP contribution in [0.5, 0.6) is 0 Å². The first-order valence-corrected chi connectivity index (χ1v) is 7.99.